The van der Waals surface area contributed by atoms with Gasteiger partial charge in [0.05, 0.1) is 52.3 Å². The van der Waals surface area contributed by atoms with Gasteiger partial charge in [0.15, 0.2) is 17.4 Å². The van der Waals surface area contributed by atoms with Gasteiger partial charge >= 0.3 is 0 Å². The zero-order chi connectivity index (χ0) is 54.0. The van der Waals surface area contributed by atoms with Crippen molar-refractivity contribution >= 4 is 46.2 Å². The number of phenols is 1. The number of aromatic nitrogens is 5. The molecular weight excluding hydrogens is 1010 g/mol. The summed E-state index contributed by atoms with van der Waals surface area (Å²) in [7, 11) is 0. The van der Waals surface area contributed by atoms with E-state index in [4.69, 9.17) is 19.7 Å². The molecule has 2 bridgehead atoms. The van der Waals surface area contributed by atoms with Gasteiger partial charge in [-0.3, -0.25) is 19.4 Å². The lowest BCUT2D eigenvalue weighted by molar-refractivity contribution is -0.141. The third-order valence-corrected chi connectivity index (χ3v) is 17.3. The minimum atomic E-state index is -0.813. The Labute approximate surface area is 459 Å². The average Bonchev–Trinajstić information content (AvgIpc) is 4.31. The van der Waals surface area contributed by atoms with Gasteiger partial charge in [-0.1, -0.05) is 55.4 Å². The SMILES string of the molecule is Cc1ncsc1-c1ccc([C@H](C)NC(=O)[C@@H]2C[C@@H](O)CN2C(=O)[C@@H](c2cc(N3CC(OCCN4CCN(CCOc5cc(N6C7CCC6CN(c6cc(-c8ccccc8O)nnc6N)C7)ccn5)CC4)C3)no2)C(C)C)cc1. The molecule has 5 aliphatic rings. The highest BCUT2D eigenvalue weighted by atomic mass is 32.1. The highest BCUT2D eigenvalue weighted by Crippen LogP contribution is 2.40. The normalized spacial score (nSPS) is 21.8. The fourth-order valence-corrected chi connectivity index (χ4v) is 12.7. The standard InChI is InChI=1S/C57H71N13O7S/c1-35(2)53(57(74)69-31-43(71)26-48(69)56(73)61-36(3)38-9-11-39(12-10-38)54-37(4)60-34-78-54)50-28-51(64-77-50)68-32-44(33-68)75-23-21-65-17-19-66(20-18-65)22-24-76-52-25-40(15-16-59-52)70-41-13-14-42(70)30-67(29-41)47-27-46(62-63-55(47)58)45-7-5-6-8-49(45)72/h5-12,15-16,25,27-28,34-36,41-44,48,53,71-72H,13-14,17-24,26,29-33H2,1-4H3,(H2,58,63)(H,61,73)/t36-,41?,42?,43+,48-,53+/m0/s1. The number of benzene rings is 2. The summed E-state index contributed by atoms with van der Waals surface area (Å²) in [6, 6.07) is 22.6. The van der Waals surface area contributed by atoms with Crippen molar-refractivity contribution in [2.75, 3.05) is 106 Å². The summed E-state index contributed by atoms with van der Waals surface area (Å²) in [6.07, 6.45) is 3.41. The molecule has 20 nitrogen and oxygen atoms in total. The highest BCUT2D eigenvalue weighted by Gasteiger charge is 2.45. The number of nitrogens with zero attached hydrogens (tertiary/aromatic N) is 11. The van der Waals surface area contributed by atoms with Crippen LogP contribution in [0.2, 0.25) is 0 Å². The number of anilines is 4. The lowest BCUT2D eigenvalue weighted by Gasteiger charge is -2.43. The Balaban J connectivity index is 0.589. The van der Waals surface area contributed by atoms with E-state index >= 15 is 0 Å². The van der Waals surface area contributed by atoms with E-state index in [9.17, 15) is 19.8 Å². The molecule has 6 aromatic rings. The Kier molecular flexibility index (Phi) is 15.8. The number of phenolic OH excluding ortho intramolecular Hbond substituents is 1. The predicted molar refractivity (Wildman–Crippen MR) is 299 cm³/mol. The van der Waals surface area contributed by atoms with Crippen molar-refractivity contribution in [2.24, 2.45) is 5.92 Å². The molecule has 21 heteroatoms. The van der Waals surface area contributed by atoms with Gasteiger partial charge in [0, 0.05) is 120 Å². The smallest absolute Gasteiger partial charge is 0.243 e. The molecular formula is C57H71N13O7S. The molecule has 0 spiro atoms. The van der Waals surface area contributed by atoms with Crippen molar-refractivity contribution in [2.45, 2.75) is 89.3 Å². The van der Waals surface area contributed by atoms with Crippen LogP contribution in [0.3, 0.4) is 0 Å². The number of carbonyl (C=O) groups excluding carboxylic acids is 2. The van der Waals surface area contributed by atoms with E-state index in [0.717, 1.165) is 98.3 Å². The number of hydrogen-bond donors (Lipinski definition) is 4. The zero-order valence-electron chi connectivity index (χ0n) is 44.9. The number of amides is 2. The third-order valence-electron chi connectivity index (χ3n) is 16.3. The van der Waals surface area contributed by atoms with Gasteiger partial charge in [0.25, 0.3) is 0 Å². The van der Waals surface area contributed by atoms with Crippen molar-refractivity contribution in [3.63, 3.8) is 0 Å². The number of β-amino-alcohol motifs (C(OH)–C–C–N with tert-alkyl or cyclic N) is 1. The fourth-order valence-electron chi connectivity index (χ4n) is 11.9. The maximum atomic E-state index is 14.3. The number of aliphatic hydroxyl groups excluding tert-OH is 1. The van der Waals surface area contributed by atoms with E-state index < -0.39 is 18.1 Å². The number of hydrogen-bond acceptors (Lipinski definition) is 19. The van der Waals surface area contributed by atoms with Gasteiger partial charge in [-0.15, -0.1) is 21.5 Å². The number of nitrogen functional groups attached to an aromatic ring is 1. The van der Waals surface area contributed by atoms with Gasteiger partial charge < -0.3 is 54.9 Å². The van der Waals surface area contributed by atoms with Crippen LogP contribution in [-0.2, 0) is 14.3 Å². The Morgan fingerprint density at radius 3 is 2.31 bits per heavy atom. The number of para-hydroxylation sites is 1. The first-order valence-corrected chi connectivity index (χ1v) is 28.3. The van der Waals surface area contributed by atoms with Crippen LogP contribution in [0.4, 0.5) is 23.0 Å². The molecule has 2 aromatic carbocycles. The summed E-state index contributed by atoms with van der Waals surface area (Å²) in [6.45, 7) is 17.5. The largest absolute Gasteiger partial charge is 0.507 e. The topological polar surface area (TPSA) is 228 Å². The Hall–Kier alpha value is -6.91. The first kappa shape index (κ1) is 53.1. The van der Waals surface area contributed by atoms with Crippen LogP contribution < -0.4 is 30.5 Å². The Bertz CT molecular complexity index is 3020. The molecule has 0 saturated carbocycles. The van der Waals surface area contributed by atoms with Crippen LogP contribution in [0, 0.1) is 12.8 Å². The van der Waals surface area contributed by atoms with Gasteiger partial charge in [-0.05, 0) is 68.0 Å². The molecule has 9 heterocycles. The molecule has 0 radical (unpaired) electrons. The number of thiazole rings is 1. The molecule has 6 atom stereocenters. The number of likely N-dealkylation sites (tertiary alicyclic amines) is 1. The number of aliphatic hydroxyl groups is 1. The van der Waals surface area contributed by atoms with Gasteiger partial charge in [-0.2, -0.15) is 0 Å². The van der Waals surface area contributed by atoms with E-state index in [1.807, 2.05) is 87.9 Å². The third kappa shape index (κ3) is 11.5. The number of fused-ring (bicyclic) bond motifs is 2. The molecule has 5 fully saturated rings. The molecule has 11 rings (SSSR count). The van der Waals surface area contributed by atoms with E-state index in [1.54, 1.807) is 23.5 Å². The van der Waals surface area contributed by atoms with Crippen LogP contribution in [0.1, 0.15) is 69.0 Å². The summed E-state index contributed by atoms with van der Waals surface area (Å²) in [5.74, 6) is 0.897. The van der Waals surface area contributed by atoms with Crippen LogP contribution in [0.25, 0.3) is 21.7 Å². The summed E-state index contributed by atoms with van der Waals surface area (Å²) in [5.41, 5.74) is 14.4. The fraction of sp³-hybridized carbons (Fsp3) is 0.491. The van der Waals surface area contributed by atoms with Crippen molar-refractivity contribution in [1.29, 1.82) is 0 Å². The lowest BCUT2D eigenvalue weighted by atomic mass is 9.91. The van der Waals surface area contributed by atoms with Crippen molar-refractivity contribution in [3.05, 3.63) is 102 Å². The summed E-state index contributed by atoms with van der Waals surface area (Å²) in [5, 5.41) is 37.2. The number of piperazine rings is 2. The summed E-state index contributed by atoms with van der Waals surface area (Å²) in [4.78, 5) is 51.4. The van der Waals surface area contributed by atoms with Crippen LogP contribution in [-0.4, -0.2) is 178 Å². The van der Waals surface area contributed by atoms with Gasteiger partial charge in [0.1, 0.15) is 24.3 Å². The van der Waals surface area contributed by atoms with Crippen molar-refractivity contribution < 1.29 is 33.8 Å². The number of nitrogens with one attached hydrogen (secondary N) is 1. The predicted octanol–water partition coefficient (Wildman–Crippen LogP) is 5.58. The molecule has 78 heavy (non-hydrogen) atoms. The summed E-state index contributed by atoms with van der Waals surface area (Å²) < 4.78 is 18.4. The molecule has 2 unspecified atom stereocenters. The van der Waals surface area contributed by atoms with E-state index in [2.05, 4.69) is 67.3 Å². The van der Waals surface area contributed by atoms with Crippen molar-refractivity contribution in [1.82, 2.24) is 45.3 Å². The monoisotopic (exact) mass is 1080 g/mol. The number of pyridine rings is 1. The first-order chi connectivity index (χ1) is 37.8. The quantitative estimate of drug-likeness (QED) is 0.0776. The molecule has 0 aliphatic carbocycles. The average molecular weight is 1080 g/mol. The number of rotatable bonds is 19. The second-order valence-corrected chi connectivity index (χ2v) is 22.7. The van der Waals surface area contributed by atoms with Crippen LogP contribution in [0.15, 0.2) is 89.0 Å². The molecule has 5 aliphatic heterocycles. The number of nitrogens with two attached hydrogens (primary N) is 1. The molecule has 5 N–H and O–H groups in total. The second kappa shape index (κ2) is 23.2. The number of aryl methyl sites for hydroxylation is 1. The summed E-state index contributed by atoms with van der Waals surface area (Å²) >= 11 is 1.60. The molecule has 412 valence electrons. The first-order valence-electron chi connectivity index (χ1n) is 27.4. The Morgan fingerprint density at radius 1 is 0.872 bits per heavy atom. The van der Waals surface area contributed by atoms with Gasteiger partial charge in [0.2, 0.25) is 17.7 Å². The van der Waals surface area contributed by atoms with Crippen molar-refractivity contribution in [3.8, 4) is 33.3 Å². The molecule has 2 amide bonds. The van der Waals surface area contributed by atoms with Gasteiger partial charge in [-0.25, -0.2) is 9.97 Å². The van der Waals surface area contributed by atoms with E-state index in [1.165, 1.54) is 4.90 Å². The number of aromatic hydroxyl groups is 1. The maximum Gasteiger partial charge on any atom is 0.243 e. The van der Waals surface area contributed by atoms with E-state index in [-0.39, 0.29) is 48.6 Å². The molecule has 5 saturated heterocycles. The second-order valence-electron chi connectivity index (χ2n) is 21.8. The minimum Gasteiger partial charge on any atom is -0.507 e. The lowest BCUT2D eigenvalue weighted by Crippen LogP contribution is -2.54. The zero-order valence-corrected chi connectivity index (χ0v) is 45.7. The molecule has 4 aromatic heterocycles. The van der Waals surface area contributed by atoms with E-state index in [0.29, 0.717) is 72.9 Å². The Morgan fingerprint density at radius 2 is 1.60 bits per heavy atom. The number of ether oxygens (including phenoxy) is 2. The van der Waals surface area contributed by atoms with Crippen LogP contribution in [0.5, 0.6) is 11.6 Å². The van der Waals surface area contributed by atoms with Crippen LogP contribution >= 0.6 is 11.3 Å². The highest BCUT2D eigenvalue weighted by molar-refractivity contribution is 7.13. The minimum absolute atomic E-state index is 0.0702. The maximum absolute atomic E-state index is 14.3. The number of carbonyl (C=O) groups is 2.